The molecule has 0 radical (unpaired) electrons. The van der Waals surface area contributed by atoms with Gasteiger partial charge in [0.05, 0.1) is 7.11 Å². The van der Waals surface area contributed by atoms with Crippen LogP contribution in [0.4, 0.5) is 5.69 Å². The molecule has 0 fully saturated rings. The lowest BCUT2D eigenvalue weighted by Crippen LogP contribution is -1.89. The van der Waals surface area contributed by atoms with Gasteiger partial charge in [0.1, 0.15) is 17.2 Å². The molecule has 2 aromatic carbocycles. The number of hydrogen-bond donors (Lipinski definition) is 1. The number of ether oxygens (including phenoxy) is 2. The highest BCUT2D eigenvalue weighted by atomic mass is 35.5. The molecule has 0 bridgehead atoms. The second kappa shape index (κ2) is 6.77. The first-order valence-corrected chi connectivity index (χ1v) is 5.41. The quantitative estimate of drug-likeness (QED) is 0.908. The molecule has 96 valence electrons. The van der Waals surface area contributed by atoms with Gasteiger partial charge in [0, 0.05) is 18.8 Å². The topological polar surface area (TPSA) is 30.5 Å². The normalized spacial score (nSPS) is 9.22. The Kier molecular flexibility index (Phi) is 5.33. The van der Waals surface area contributed by atoms with Crippen LogP contribution in [0.15, 0.2) is 48.5 Å². The molecular formula is C14H16ClNO2. The maximum absolute atomic E-state index is 5.72. The van der Waals surface area contributed by atoms with Crippen molar-refractivity contribution < 1.29 is 9.47 Å². The van der Waals surface area contributed by atoms with E-state index in [0.717, 1.165) is 22.9 Å². The van der Waals surface area contributed by atoms with Crippen molar-refractivity contribution in [2.75, 3.05) is 19.5 Å². The zero-order chi connectivity index (χ0) is 12.1. The van der Waals surface area contributed by atoms with Crippen LogP contribution in [0.25, 0.3) is 0 Å². The Morgan fingerprint density at radius 1 is 0.889 bits per heavy atom. The molecule has 0 heterocycles. The number of halogens is 1. The summed E-state index contributed by atoms with van der Waals surface area (Å²) in [7, 11) is 3.53. The predicted octanol–water partition coefficient (Wildman–Crippen LogP) is 3.95. The van der Waals surface area contributed by atoms with Crippen LogP contribution in [0.3, 0.4) is 0 Å². The minimum Gasteiger partial charge on any atom is -0.497 e. The zero-order valence-electron chi connectivity index (χ0n) is 10.3. The molecule has 2 aromatic rings. The number of anilines is 1. The summed E-state index contributed by atoms with van der Waals surface area (Å²) in [5.74, 6) is 2.42. The third kappa shape index (κ3) is 3.57. The maximum atomic E-state index is 5.72. The van der Waals surface area contributed by atoms with Gasteiger partial charge in [0.25, 0.3) is 0 Å². The van der Waals surface area contributed by atoms with Gasteiger partial charge >= 0.3 is 0 Å². The lowest BCUT2D eigenvalue weighted by Gasteiger charge is -2.08. The highest BCUT2D eigenvalue weighted by Gasteiger charge is 1.98. The highest BCUT2D eigenvalue weighted by Crippen LogP contribution is 2.25. The van der Waals surface area contributed by atoms with E-state index in [0.29, 0.717) is 0 Å². The van der Waals surface area contributed by atoms with Gasteiger partial charge in [-0.05, 0) is 36.4 Å². The second-order valence-electron chi connectivity index (χ2n) is 3.56. The van der Waals surface area contributed by atoms with Crippen LogP contribution < -0.4 is 14.8 Å². The van der Waals surface area contributed by atoms with E-state index < -0.39 is 0 Å². The van der Waals surface area contributed by atoms with Gasteiger partial charge in [-0.25, -0.2) is 0 Å². The molecule has 0 aromatic heterocycles. The fourth-order valence-corrected chi connectivity index (χ4v) is 1.49. The van der Waals surface area contributed by atoms with Gasteiger partial charge in [-0.15, -0.1) is 12.4 Å². The Morgan fingerprint density at radius 2 is 1.56 bits per heavy atom. The maximum Gasteiger partial charge on any atom is 0.129 e. The molecule has 1 N–H and O–H groups in total. The summed E-state index contributed by atoms with van der Waals surface area (Å²) in [5.41, 5.74) is 1.02. The Morgan fingerprint density at radius 3 is 2.17 bits per heavy atom. The van der Waals surface area contributed by atoms with Gasteiger partial charge in [-0.3, -0.25) is 0 Å². The van der Waals surface area contributed by atoms with Crippen molar-refractivity contribution in [3.63, 3.8) is 0 Å². The molecule has 2 rings (SSSR count). The molecule has 4 heteroatoms. The number of methoxy groups -OCH3 is 1. The Bertz CT molecular complexity index is 485. The monoisotopic (exact) mass is 265 g/mol. The van der Waals surface area contributed by atoms with E-state index in [4.69, 9.17) is 9.47 Å². The van der Waals surface area contributed by atoms with Crippen LogP contribution in [-0.4, -0.2) is 14.2 Å². The summed E-state index contributed by atoms with van der Waals surface area (Å²) >= 11 is 0. The van der Waals surface area contributed by atoms with E-state index in [1.54, 1.807) is 7.11 Å². The zero-order valence-corrected chi connectivity index (χ0v) is 11.2. The van der Waals surface area contributed by atoms with Crippen LogP contribution >= 0.6 is 12.4 Å². The Balaban J connectivity index is 0.00000162. The van der Waals surface area contributed by atoms with Crippen LogP contribution in [0.5, 0.6) is 17.2 Å². The molecular weight excluding hydrogens is 250 g/mol. The molecule has 0 aliphatic heterocycles. The smallest absolute Gasteiger partial charge is 0.129 e. The summed E-state index contributed by atoms with van der Waals surface area (Å²) in [6.07, 6.45) is 0. The average Bonchev–Trinajstić information content (AvgIpc) is 2.40. The van der Waals surface area contributed by atoms with Crippen molar-refractivity contribution in [1.82, 2.24) is 0 Å². The molecule has 0 unspecified atom stereocenters. The van der Waals surface area contributed by atoms with Crippen molar-refractivity contribution in [1.29, 1.82) is 0 Å². The standard InChI is InChI=1S/C14H15NO2.ClH/c1-15-11-4-3-5-14(10-11)17-13-8-6-12(16-2)7-9-13;/h3-10,15H,1-2H3;1H. The first-order valence-electron chi connectivity index (χ1n) is 5.41. The summed E-state index contributed by atoms with van der Waals surface area (Å²) in [4.78, 5) is 0. The van der Waals surface area contributed by atoms with E-state index in [1.807, 2.05) is 55.6 Å². The fourth-order valence-electron chi connectivity index (χ4n) is 1.49. The van der Waals surface area contributed by atoms with Crippen molar-refractivity contribution in [3.8, 4) is 17.2 Å². The van der Waals surface area contributed by atoms with Crippen molar-refractivity contribution in [3.05, 3.63) is 48.5 Å². The highest BCUT2D eigenvalue weighted by molar-refractivity contribution is 5.85. The largest absolute Gasteiger partial charge is 0.497 e. The van der Waals surface area contributed by atoms with Crippen molar-refractivity contribution in [2.45, 2.75) is 0 Å². The van der Waals surface area contributed by atoms with Gasteiger partial charge < -0.3 is 14.8 Å². The Hall–Kier alpha value is -1.87. The molecule has 0 aliphatic carbocycles. The molecule has 0 spiro atoms. The summed E-state index contributed by atoms with van der Waals surface area (Å²) < 4.78 is 10.8. The summed E-state index contributed by atoms with van der Waals surface area (Å²) in [5, 5.41) is 3.07. The summed E-state index contributed by atoms with van der Waals surface area (Å²) in [6, 6.07) is 15.3. The third-order valence-electron chi connectivity index (χ3n) is 2.42. The lowest BCUT2D eigenvalue weighted by molar-refractivity contribution is 0.413. The number of rotatable bonds is 4. The van der Waals surface area contributed by atoms with E-state index >= 15 is 0 Å². The van der Waals surface area contributed by atoms with Crippen molar-refractivity contribution >= 4 is 18.1 Å². The molecule has 18 heavy (non-hydrogen) atoms. The number of benzene rings is 2. The number of nitrogens with one attached hydrogen (secondary N) is 1. The van der Waals surface area contributed by atoms with E-state index in [9.17, 15) is 0 Å². The van der Waals surface area contributed by atoms with Gasteiger partial charge in [0.15, 0.2) is 0 Å². The van der Waals surface area contributed by atoms with Gasteiger partial charge in [-0.2, -0.15) is 0 Å². The molecule has 0 saturated carbocycles. The Labute approximate surface area is 113 Å². The van der Waals surface area contributed by atoms with E-state index in [-0.39, 0.29) is 12.4 Å². The lowest BCUT2D eigenvalue weighted by atomic mass is 10.3. The van der Waals surface area contributed by atoms with Gasteiger partial charge in [-0.1, -0.05) is 6.07 Å². The van der Waals surface area contributed by atoms with E-state index in [2.05, 4.69) is 5.32 Å². The molecule has 0 aliphatic rings. The fraction of sp³-hybridized carbons (Fsp3) is 0.143. The van der Waals surface area contributed by atoms with Crippen LogP contribution in [0, 0.1) is 0 Å². The molecule has 0 amide bonds. The molecule has 0 atom stereocenters. The minimum absolute atomic E-state index is 0. The van der Waals surface area contributed by atoms with Crippen LogP contribution in [0.2, 0.25) is 0 Å². The SMILES string of the molecule is CNc1cccc(Oc2ccc(OC)cc2)c1.Cl. The number of hydrogen-bond acceptors (Lipinski definition) is 3. The average molecular weight is 266 g/mol. The minimum atomic E-state index is 0. The molecule has 0 saturated heterocycles. The van der Waals surface area contributed by atoms with Gasteiger partial charge in [0.2, 0.25) is 0 Å². The second-order valence-corrected chi connectivity index (χ2v) is 3.56. The first kappa shape index (κ1) is 14.2. The van der Waals surface area contributed by atoms with Crippen LogP contribution in [-0.2, 0) is 0 Å². The third-order valence-corrected chi connectivity index (χ3v) is 2.42. The first-order chi connectivity index (χ1) is 8.31. The summed E-state index contributed by atoms with van der Waals surface area (Å²) in [6.45, 7) is 0. The predicted molar refractivity (Wildman–Crippen MR) is 76.3 cm³/mol. The van der Waals surface area contributed by atoms with Crippen LogP contribution in [0.1, 0.15) is 0 Å². The van der Waals surface area contributed by atoms with E-state index in [1.165, 1.54) is 0 Å². The molecule has 3 nitrogen and oxygen atoms in total. The van der Waals surface area contributed by atoms with Crippen molar-refractivity contribution in [2.24, 2.45) is 0 Å².